The summed E-state index contributed by atoms with van der Waals surface area (Å²) in [6, 6.07) is 17.4. The molecule has 0 unspecified atom stereocenters. The number of rotatable bonds is 5. The minimum Gasteiger partial charge on any atom is -0.497 e. The number of carbonyl (C=O) groups is 1. The Morgan fingerprint density at radius 1 is 1.09 bits per heavy atom. The predicted molar refractivity (Wildman–Crippen MR) is 129 cm³/mol. The average molecular weight is 473 g/mol. The van der Waals surface area contributed by atoms with Crippen LogP contribution in [0.25, 0.3) is 33.7 Å². The maximum absolute atomic E-state index is 13.5. The topological polar surface area (TPSA) is 115 Å². The molecule has 0 spiro atoms. The van der Waals surface area contributed by atoms with Gasteiger partial charge in [-0.25, -0.2) is 4.98 Å². The molecule has 3 aromatic heterocycles. The van der Waals surface area contributed by atoms with Gasteiger partial charge in [0.15, 0.2) is 11.3 Å². The van der Waals surface area contributed by atoms with Crippen molar-refractivity contribution in [3.8, 4) is 28.4 Å². The highest BCUT2D eigenvalue weighted by atomic mass is 35.5. The molecule has 0 atom stereocenters. The van der Waals surface area contributed by atoms with Crippen molar-refractivity contribution in [2.75, 3.05) is 12.5 Å². The van der Waals surface area contributed by atoms with Crippen molar-refractivity contribution in [1.82, 2.24) is 24.8 Å². The van der Waals surface area contributed by atoms with Gasteiger partial charge in [-0.15, -0.1) is 0 Å². The van der Waals surface area contributed by atoms with Gasteiger partial charge in [-0.2, -0.15) is 9.77 Å². The molecule has 10 heteroatoms. The van der Waals surface area contributed by atoms with E-state index in [1.807, 2.05) is 6.07 Å². The summed E-state index contributed by atoms with van der Waals surface area (Å²) in [6.07, 6.45) is 2.96. The van der Waals surface area contributed by atoms with Crippen LogP contribution in [-0.2, 0) is 0 Å². The fourth-order valence-corrected chi connectivity index (χ4v) is 3.71. The van der Waals surface area contributed by atoms with Gasteiger partial charge < -0.3 is 4.74 Å². The standard InChI is InChI=1S/C24H17ClN6O3/c1-34-18-9-3-6-15(12-18)22-27-20-19(14-5-2-8-17(25)11-14)28-29-21(20)24(33)31(22)30-23(32)16-7-4-10-26-13-16/h2-13H,1H3,(H,28,29)(H,30,32). The van der Waals surface area contributed by atoms with Crippen LogP contribution >= 0.6 is 11.6 Å². The smallest absolute Gasteiger partial charge is 0.298 e. The molecular weight excluding hydrogens is 456 g/mol. The van der Waals surface area contributed by atoms with Gasteiger partial charge in [0.05, 0.1) is 12.7 Å². The zero-order valence-corrected chi connectivity index (χ0v) is 18.6. The normalized spacial score (nSPS) is 10.9. The van der Waals surface area contributed by atoms with Crippen LogP contribution in [0.4, 0.5) is 0 Å². The van der Waals surface area contributed by atoms with Crippen molar-refractivity contribution in [1.29, 1.82) is 0 Å². The lowest BCUT2D eigenvalue weighted by Gasteiger charge is -2.14. The van der Waals surface area contributed by atoms with Crippen LogP contribution < -0.4 is 15.7 Å². The molecule has 0 radical (unpaired) electrons. The molecule has 0 saturated carbocycles. The molecule has 0 fully saturated rings. The molecule has 1 amide bonds. The number of ether oxygens (including phenoxy) is 1. The second kappa shape index (κ2) is 8.80. The number of H-pyrrole nitrogens is 1. The van der Waals surface area contributed by atoms with Gasteiger partial charge in [-0.05, 0) is 36.4 Å². The lowest BCUT2D eigenvalue weighted by molar-refractivity contribution is 0.101. The van der Waals surface area contributed by atoms with E-state index in [0.29, 0.717) is 33.1 Å². The first-order valence-electron chi connectivity index (χ1n) is 10.2. The fourth-order valence-electron chi connectivity index (χ4n) is 3.52. The average Bonchev–Trinajstić information content (AvgIpc) is 3.30. The Labute approximate surface area is 198 Å². The van der Waals surface area contributed by atoms with E-state index in [0.717, 1.165) is 4.68 Å². The summed E-state index contributed by atoms with van der Waals surface area (Å²) in [5.41, 5.74) is 4.59. The highest BCUT2D eigenvalue weighted by Crippen LogP contribution is 2.28. The quantitative estimate of drug-likeness (QED) is 0.401. The van der Waals surface area contributed by atoms with Crippen LogP contribution in [0.1, 0.15) is 10.4 Å². The zero-order chi connectivity index (χ0) is 23.7. The van der Waals surface area contributed by atoms with E-state index in [-0.39, 0.29) is 16.9 Å². The summed E-state index contributed by atoms with van der Waals surface area (Å²) < 4.78 is 6.42. The van der Waals surface area contributed by atoms with Crippen molar-refractivity contribution in [3.05, 3.63) is 94.0 Å². The molecule has 3 heterocycles. The largest absolute Gasteiger partial charge is 0.497 e. The van der Waals surface area contributed by atoms with Gasteiger partial charge in [0, 0.05) is 28.5 Å². The predicted octanol–water partition coefficient (Wildman–Crippen LogP) is 3.89. The van der Waals surface area contributed by atoms with Gasteiger partial charge in [-0.1, -0.05) is 35.9 Å². The molecule has 168 valence electrons. The van der Waals surface area contributed by atoms with Crippen molar-refractivity contribution in [2.45, 2.75) is 0 Å². The number of fused-ring (bicyclic) bond motifs is 1. The first-order chi connectivity index (χ1) is 16.5. The van der Waals surface area contributed by atoms with Gasteiger partial charge >= 0.3 is 0 Å². The molecule has 0 aliphatic heterocycles. The van der Waals surface area contributed by atoms with E-state index in [2.05, 4.69) is 20.6 Å². The first kappa shape index (κ1) is 21.4. The number of aromatic amines is 1. The Morgan fingerprint density at radius 3 is 2.68 bits per heavy atom. The van der Waals surface area contributed by atoms with Crippen LogP contribution in [0.2, 0.25) is 5.02 Å². The highest BCUT2D eigenvalue weighted by molar-refractivity contribution is 6.30. The molecule has 0 aliphatic carbocycles. The summed E-state index contributed by atoms with van der Waals surface area (Å²) >= 11 is 6.15. The Hall–Kier alpha value is -4.50. The fraction of sp³-hybridized carbons (Fsp3) is 0.0417. The summed E-state index contributed by atoms with van der Waals surface area (Å²) in [5.74, 6) is 0.257. The third kappa shape index (κ3) is 3.89. The number of hydrogen-bond donors (Lipinski definition) is 2. The number of nitrogens with zero attached hydrogens (tertiary/aromatic N) is 4. The molecule has 0 bridgehead atoms. The van der Waals surface area contributed by atoms with Gasteiger partial charge in [0.25, 0.3) is 11.5 Å². The van der Waals surface area contributed by atoms with E-state index >= 15 is 0 Å². The number of benzene rings is 2. The van der Waals surface area contributed by atoms with E-state index in [4.69, 9.17) is 21.3 Å². The van der Waals surface area contributed by atoms with Crippen molar-refractivity contribution in [3.63, 3.8) is 0 Å². The Morgan fingerprint density at radius 2 is 1.91 bits per heavy atom. The number of carbonyl (C=O) groups excluding carboxylic acids is 1. The molecule has 2 aromatic carbocycles. The number of pyridine rings is 1. The molecule has 0 saturated heterocycles. The van der Waals surface area contributed by atoms with Crippen LogP contribution in [0, 0.1) is 0 Å². The maximum atomic E-state index is 13.5. The molecule has 2 N–H and O–H groups in total. The molecule has 34 heavy (non-hydrogen) atoms. The van der Waals surface area contributed by atoms with Gasteiger partial charge in [0.2, 0.25) is 0 Å². The SMILES string of the molecule is COc1cccc(-c2nc3c(-c4cccc(Cl)c4)n[nH]c3c(=O)n2NC(=O)c2cccnc2)c1. The number of methoxy groups -OCH3 is 1. The third-order valence-corrected chi connectivity index (χ3v) is 5.39. The van der Waals surface area contributed by atoms with Gasteiger partial charge in [-0.3, -0.25) is 25.1 Å². The Kier molecular flexibility index (Phi) is 5.52. The lowest BCUT2D eigenvalue weighted by Crippen LogP contribution is -2.35. The monoisotopic (exact) mass is 472 g/mol. The molecule has 9 nitrogen and oxygen atoms in total. The first-order valence-corrected chi connectivity index (χ1v) is 10.6. The minimum atomic E-state index is -0.527. The summed E-state index contributed by atoms with van der Waals surface area (Å²) in [5, 5.41) is 7.59. The van der Waals surface area contributed by atoms with Crippen LogP contribution in [0.15, 0.2) is 77.9 Å². The molecule has 0 aliphatic rings. The van der Waals surface area contributed by atoms with E-state index in [1.165, 1.54) is 6.20 Å². The number of halogens is 1. The molecule has 5 aromatic rings. The maximum Gasteiger partial charge on any atom is 0.298 e. The van der Waals surface area contributed by atoms with Crippen molar-refractivity contribution >= 4 is 28.5 Å². The second-order valence-electron chi connectivity index (χ2n) is 7.30. The van der Waals surface area contributed by atoms with Crippen LogP contribution in [0.5, 0.6) is 5.75 Å². The number of aromatic nitrogens is 5. The van der Waals surface area contributed by atoms with Crippen LogP contribution in [-0.4, -0.2) is 37.9 Å². The Balaban J connectivity index is 1.73. The number of amides is 1. The minimum absolute atomic E-state index is 0.133. The van der Waals surface area contributed by atoms with E-state index in [1.54, 1.807) is 67.9 Å². The second-order valence-corrected chi connectivity index (χ2v) is 7.73. The lowest BCUT2D eigenvalue weighted by atomic mass is 10.1. The molecular formula is C24H17ClN6O3. The van der Waals surface area contributed by atoms with Gasteiger partial charge in [0.1, 0.15) is 17.0 Å². The summed E-state index contributed by atoms with van der Waals surface area (Å²) in [7, 11) is 1.54. The molecule has 5 rings (SSSR count). The van der Waals surface area contributed by atoms with Crippen molar-refractivity contribution in [2.24, 2.45) is 0 Å². The number of nitrogens with one attached hydrogen (secondary N) is 2. The Bertz CT molecular complexity index is 1580. The third-order valence-electron chi connectivity index (χ3n) is 5.15. The van der Waals surface area contributed by atoms with Crippen LogP contribution in [0.3, 0.4) is 0 Å². The summed E-state index contributed by atoms with van der Waals surface area (Å²) in [6.45, 7) is 0. The highest BCUT2D eigenvalue weighted by Gasteiger charge is 2.21. The number of hydrogen-bond acceptors (Lipinski definition) is 6. The van der Waals surface area contributed by atoms with Crippen molar-refractivity contribution < 1.29 is 9.53 Å². The van der Waals surface area contributed by atoms with E-state index in [9.17, 15) is 9.59 Å². The van der Waals surface area contributed by atoms with E-state index < -0.39 is 11.5 Å². The zero-order valence-electron chi connectivity index (χ0n) is 17.8. The summed E-state index contributed by atoms with van der Waals surface area (Å²) in [4.78, 5) is 35.1.